The molecule has 0 aromatic heterocycles. The highest BCUT2D eigenvalue weighted by molar-refractivity contribution is 4.61. The van der Waals surface area contributed by atoms with Crippen LogP contribution in [0.25, 0.3) is 0 Å². The van der Waals surface area contributed by atoms with Crippen LogP contribution >= 0.6 is 0 Å². The molecule has 0 aromatic rings. The van der Waals surface area contributed by atoms with Crippen molar-refractivity contribution in [3.8, 4) is 0 Å². The molecule has 1 atom stereocenters. The summed E-state index contributed by atoms with van der Waals surface area (Å²) in [5, 5.41) is 0. The topological polar surface area (TPSA) is 59.2 Å². The minimum Gasteiger partial charge on any atom is -0.412 e. The molecule has 0 radical (unpaired) electrons. The molecule has 4 nitrogen and oxygen atoms in total. The highest BCUT2D eigenvalue weighted by atomic mass is 16.9. The standard InChI is InChI=1S/C29H60O3.H2O/c1-5-9-12-14-16-18-19-21-23-25-29(30-26-8-4,31-27-11-7-3)32-28-24-22-20-17-15-13-10-6-2;/h5-28H2,1-4H3;1H2. The van der Waals surface area contributed by atoms with Gasteiger partial charge in [-0.05, 0) is 25.7 Å². The van der Waals surface area contributed by atoms with Crippen LogP contribution in [-0.2, 0) is 14.2 Å². The maximum Gasteiger partial charge on any atom is 0.282 e. The first-order valence-corrected chi connectivity index (χ1v) is 14.7. The van der Waals surface area contributed by atoms with E-state index in [0.29, 0.717) is 6.61 Å². The van der Waals surface area contributed by atoms with Crippen LogP contribution in [0.15, 0.2) is 0 Å². The van der Waals surface area contributed by atoms with Gasteiger partial charge in [0.1, 0.15) is 0 Å². The second kappa shape index (κ2) is 28.1. The Labute approximate surface area is 208 Å². The number of ether oxygens (including phenoxy) is 3. The summed E-state index contributed by atoms with van der Waals surface area (Å²) in [6, 6.07) is 0. The van der Waals surface area contributed by atoms with Crippen molar-refractivity contribution in [2.75, 3.05) is 19.8 Å². The van der Waals surface area contributed by atoms with Gasteiger partial charge in [-0.2, -0.15) is 0 Å². The average Bonchev–Trinajstić information content (AvgIpc) is 2.80. The molecule has 0 aromatic carbocycles. The van der Waals surface area contributed by atoms with E-state index in [1.807, 2.05) is 0 Å². The number of hydrogen-bond donors (Lipinski definition) is 0. The molecular weight excluding hydrogens is 412 g/mol. The van der Waals surface area contributed by atoms with Gasteiger partial charge in [-0.15, -0.1) is 0 Å². The number of hydrogen-bond acceptors (Lipinski definition) is 3. The average molecular weight is 475 g/mol. The van der Waals surface area contributed by atoms with Gasteiger partial charge in [0.2, 0.25) is 0 Å². The van der Waals surface area contributed by atoms with Gasteiger partial charge in [0.05, 0.1) is 19.8 Å². The first-order valence-electron chi connectivity index (χ1n) is 14.7. The minimum absolute atomic E-state index is 0. The molecule has 202 valence electrons. The molecule has 0 heterocycles. The summed E-state index contributed by atoms with van der Waals surface area (Å²) < 4.78 is 18.8. The van der Waals surface area contributed by atoms with Crippen LogP contribution in [0.4, 0.5) is 0 Å². The van der Waals surface area contributed by atoms with E-state index in [4.69, 9.17) is 14.2 Å². The van der Waals surface area contributed by atoms with Gasteiger partial charge in [-0.1, -0.05) is 130 Å². The van der Waals surface area contributed by atoms with Gasteiger partial charge in [-0.3, -0.25) is 0 Å². The molecule has 0 spiro atoms. The molecule has 2 N–H and O–H groups in total. The Hall–Kier alpha value is -0.160. The van der Waals surface area contributed by atoms with Crippen LogP contribution in [0.2, 0.25) is 0 Å². The normalized spacial score (nSPS) is 13.1. The van der Waals surface area contributed by atoms with Crippen molar-refractivity contribution in [3.63, 3.8) is 0 Å². The van der Waals surface area contributed by atoms with E-state index in [2.05, 4.69) is 27.7 Å². The second-order valence-electron chi connectivity index (χ2n) is 9.64. The van der Waals surface area contributed by atoms with E-state index in [0.717, 1.165) is 51.7 Å². The van der Waals surface area contributed by atoms with E-state index < -0.39 is 5.97 Å². The Bertz CT molecular complexity index is 327. The van der Waals surface area contributed by atoms with Gasteiger partial charge in [-0.25, -0.2) is 0 Å². The SMILES string of the molecule is CCCCCCCCCCCC(OCCC)(OCCCC)OCCCCCCCCCC.O. The summed E-state index contributed by atoms with van der Waals surface area (Å²) in [5.41, 5.74) is 0. The molecule has 0 rings (SSSR count). The summed E-state index contributed by atoms with van der Waals surface area (Å²) in [4.78, 5) is 0. The van der Waals surface area contributed by atoms with Crippen molar-refractivity contribution in [1.82, 2.24) is 0 Å². The summed E-state index contributed by atoms with van der Waals surface area (Å²) >= 11 is 0. The lowest BCUT2D eigenvalue weighted by Crippen LogP contribution is -2.40. The molecule has 0 aliphatic heterocycles. The smallest absolute Gasteiger partial charge is 0.282 e. The first-order chi connectivity index (χ1) is 15.7. The van der Waals surface area contributed by atoms with Crippen LogP contribution in [0, 0.1) is 0 Å². The molecule has 0 aliphatic rings. The summed E-state index contributed by atoms with van der Waals surface area (Å²) in [6.07, 6.45) is 26.6. The Morgan fingerprint density at radius 1 is 0.364 bits per heavy atom. The molecule has 4 heteroatoms. The molecule has 1 unspecified atom stereocenters. The fraction of sp³-hybridized carbons (Fsp3) is 1.00. The first kappa shape index (κ1) is 35.0. The molecule has 0 amide bonds. The minimum atomic E-state index is -0.812. The van der Waals surface area contributed by atoms with Gasteiger partial charge in [0.15, 0.2) is 0 Å². The van der Waals surface area contributed by atoms with E-state index in [9.17, 15) is 0 Å². The fourth-order valence-electron chi connectivity index (χ4n) is 4.09. The quantitative estimate of drug-likeness (QED) is 0.0880. The largest absolute Gasteiger partial charge is 0.412 e. The lowest BCUT2D eigenvalue weighted by atomic mass is 10.1. The maximum atomic E-state index is 6.35. The fourth-order valence-corrected chi connectivity index (χ4v) is 4.09. The highest BCUT2D eigenvalue weighted by Crippen LogP contribution is 2.26. The molecule has 0 saturated heterocycles. The Morgan fingerprint density at radius 3 is 1.18 bits per heavy atom. The highest BCUT2D eigenvalue weighted by Gasteiger charge is 2.32. The summed E-state index contributed by atoms with van der Waals surface area (Å²) in [5.74, 6) is -0.812. The Morgan fingerprint density at radius 2 is 0.727 bits per heavy atom. The van der Waals surface area contributed by atoms with Crippen molar-refractivity contribution >= 4 is 0 Å². The predicted octanol–water partition coefficient (Wildman–Crippen LogP) is 9.14. The lowest BCUT2D eigenvalue weighted by Gasteiger charge is -2.33. The zero-order valence-electron chi connectivity index (χ0n) is 23.2. The molecular formula is C29H62O4. The predicted molar refractivity (Wildman–Crippen MR) is 144 cm³/mol. The van der Waals surface area contributed by atoms with Crippen LogP contribution in [0.5, 0.6) is 0 Å². The Kier molecular flexibility index (Phi) is 29.8. The zero-order chi connectivity index (χ0) is 23.6. The van der Waals surface area contributed by atoms with Crippen molar-refractivity contribution in [3.05, 3.63) is 0 Å². The van der Waals surface area contributed by atoms with E-state index >= 15 is 0 Å². The second-order valence-corrected chi connectivity index (χ2v) is 9.64. The summed E-state index contributed by atoms with van der Waals surface area (Å²) in [7, 11) is 0. The Balaban J connectivity index is 0. The number of unbranched alkanes of at least 4 members (excludes halogenated alkanes) is 16. The molecule has 33 heavy (non-hydrogen) atoms. The summed E-state index contributed by atoms with van der Waals surface area (Å²) in [6.45, 7) is 11.1. The third-order valence-corrected chi connectivity index (χ3v) is 6.25. The van der Waals surface area contributed by atoms with E-state index in [1.165, 1.54) is 96.3 Å². The zero-order valence-corrected chi connectivity index (χ0v) is 23.2. The molecule has 0 bridgehead atoms. The molecule has 0 aliphatic carbocycles. The number of rotatable bonds is 27. The van der Waals surface area contributed by atoms with Crippen LogP contribution in [-0.4, -0.2) is 31.3 Å². The molecule has 0 fully saturated rings. The van der Waals surface area contributed by atoms with Crippen molar-refractivity contribution in [1.29, 1.82) is 0 Å². The van der Waals surface area contributed by atoms with Gasteiger partial charge >= 0.3 is 0 Å². The van der Waals surface area contributed by atoms with Crippen LogP contribution in [0.3, 0.4) is 0 Å². The maximum absolute atomic E-state index is 6.35. The van der Waals surface area contributed by atoms with E-state index in [1.54, 1.807) is 0 Å². The van der Waals surface area contributed by atoms with E-state index in [-0.39, 0.29) is 5.48 Å². The lowest BCUT2D eigenvalue weighted by molar-refractivity contribution is -0.384. The third-order valence-electron chi connectivity index (χ3n) is 6.25. The van der Waals surface area contributed by atoms with Gasteiger partial charge < -0.3 is 19.7 Å². The monoisotopic (exact) mass is 474 g/mol. The third kappa shape index (κ3) is 23.4. The van der Waals surface area contributed by atoms with Crippen molar-refractivity contribution < 1.29 is 19.7 Å². The van der Waals surface area contributed by atoms with Crippen molar-refractivity contribution in [2.24, 2.45) is 0 Å². The van der Waals surface area contributed by atoms with Crippen molar-refractivity contribution in [2.45, 2.75) is 169 Å². The van der Waals surface area contributed by atoms with Gasteiger partial charge in [0.25, 0.3) is 5.97 Å². The van der Waals surface area contributed by atoms with Crippen LogP contribution in [0.1, 0.15) is 163 Å². The molecule has 0 saturated carbocycles. The van der Waals surface area contributed by atoms with Gasteiger partial charge in [0, 0.05) is 6.42 Å². The van der Waals surface area contributed by atoms with Crippen LogP contribution < -0.4 is 0 Å².